The zero-order chi connectivity index (χ0) is 13.0. The van der Waals surface area contributed by atoms with Crippen LogP contribution in [0.5, 0.6) is 0 Å². The van der Waals surface area contributed by atoms with Gasteiger partial charge >= 0.3 is 0 Å². The lowest BCUT2D eigenvalue weighted by atomic mass is 9.82. The van der Waals surface area contributed by atoms with Gasteiger partial charge in [-0.25, -0.2) is 0 Å². The maximum absolute atomic E-state index is 12.3. The molecule has 0 aliphatic heterocycles. The van der Waals surface area contributed by atoms with Crippen LogP contribution in [0.4, 0.5) is 0 Å². The van der Waals surface area contributed by atoms with E-state index >= 15 is 0 Å². The van der Waals surface area contributed by atoms with Gasteiger partial charge in [0.1, 0.15) is 0 Å². The van der Waals surface area contributed by atoms with Crippen LogP contribution >= 0.6 is 12.4 Å². The molecule has 0 bridgehead atoms. The topological polar surface area (TPSA) is 55.1 Å². The molecule has 0 unspecified atom stereocenters. The lowest BCUT2D eigenvalue weighted by molar-refractivity contribution is -0.130. The number of rotatable bonds is 4. The molecule has 2 aliphatic rings. The molecule has 2 rings (SSSR count). The van der Waals surface area contributed by atoms with E-state index in [1.165, 1.54) is 25.7 Å². The molecule has 0 aromatic heterocycles. The molecule has 4 heteroatoms. The Labute approximate surface area is 123 Å². The lowest BCUT2D eigenvalue weighted by Crippen LogP contribution is -2.45. The van der Waals surface area contributed by atoms with Crippen LogP contribution in [0.3, 0.4) is 0 Å². The zero-order valence-corrected chi connectivity index (χ0v) is 12.9. The average Bonchev–Trinajstić information content (AvgIpc) is 2.88. The van der Waals surface area contributed by atoms with E-state index in [4.69, 9.17) is 5.73 Å². The Morgan fingerprint density at radius 2 is 1.79 bits per heavy atom. The van der Waals surface area contributed by atoms with E-state index in [-0.39, 0.29) is 23.7 Å². The summed E-state index contributed by atoms with van der Waals surface area (Å²) < 4.78 is 0. The molecule has 0 heterocycles. The molecule has 0 atom stereocenters. The minimum absolute atomic E-state index is 0. The van der Waals surface area contributed by atoms with E-state index < -0.39 is 0 Å². The molecule has 2 saturated carbocycles. The molecule has 0 radical (unpaired) electrons. The van der Waals surface area contributed by atoms with Crippen molar-refractivity contribution < 1.29 is 4.79 Å². The van der Waals surface area contributed by atoms with Gasteiger partial charge in [-0.2, -0.15) is 0 Å². The maximum atomic E-state index is 12.3. The van der Waals surface area contributed by atoms with Crippen molar-refractivity contribution in [2.75, 3.05) is 13.1 Å². The van der Waals surface area contributed by atoms with Gasteiger partial charge in [0.25, 0.3) is 0 Å². The summed E-state index contributed by atoms with van der Waals surface area (Å²) in [5.74, 6) is 1.80. The minimum Gasteiger partial charge on any atom is -0.355 e. The number of hydrogen-bond donors (Lipinski definition) is 2. The van der Waals surface area contributed by atoms with Crippen molar-refractivity contribution in [3.05, 3.63) is 0 Å². The van der Waals surface area contributed by atoms with Crippen molar-refractivity contribution in [1.29, 1.82) is 0 Å². The molecule has 0 saturated heterocycles. The summed E-state index contributed by atoms with van der Waals surface area (Å²) in [5.41, 5.74) is 5.60. The van der Waals surface area contributed by atoms with Crippen LogP contribution < -0.4 is 11.1 Å². The smallest absolute Gasteiger partial charge is 0.227 e. The summed E-state index contributed by atoms with van der Waals surface area (Å²) in [6.45, 7) is 3.71. The highest BCUT2D eigenvalue weighted by atomic mass is 35.5. The fourth-order valence-electron chi connectivity index (χ4n) is 3.53. The van der Waals surface area contributed by atoms with Gasteiger partial charge in [0.15, 0.2) is 0 Å². The van der Waals surface area contributed by atoms with E-state index in [1.54, 1.807) is 0 Å². The fourth-order valence-corrected chi connectivity index (χ4v) is 3.53. The number of halogens is 1. The van der Waals surface area contributed by atoms with E-state index in [0.717, 1.165) is 38.1 Å². The Morgan fingerprint density at radius 1 is 1.21 bits per heavy atom. The third kappa shape index (κ3) is 4.09. The molecular formula is C15H29ClN2O. The second-order valence-electron chi connectivity index (χ2n) is 6.53. The molecule has 3 nitrogen and oxygen atoms in total. The molecular weight excluding hydrogens is 260 g/mol. The Hall–Kier alpha value is -0.280. The Bertz CT molecular complexity index is 282. The van der Waals surface area contributed by atoms with Crippen LogP contribution in [0.25, 0.3) is 0 Å². The molecule has 0 aromatic rings. The van der Waals surface area contributed by atoms with Crippen molar-refractivity contribution in [3.63, 3.8) is 0 Å². The van der Waals surface area contributed by atoms with Crippen LogP contribution in [0.15, 0.2) is 0 Å². The van der Waals surface area contributed by atoms with Gasteiger partial charge in [-0.1, -0.05) is 32.6 Å². The van der Waals surface area contributed by atoms with Gasteiger partial charge in [-0.05, 0) is 37.5 Å². The maximum Gasteiger partial charge on any atom is 0.227 e. The monoisotopic (exact) mass is 288 g/mol. The van der Waals surface area contributed by atoms with Crippen molar-refractivity contribution in [2.45, 2.75) is 58.3 Å². The van der Waals surface area contributed by atoms with E-state index in [2.05, 4.69) is 12.2 Å². The summed E-state index contributed by atoms with van der Waals surface area (Å²) in [4.78, 5) is 12.3. The van der Waals surface area contributed by atoms with Crippen LogP contribution in [-0.4, -0.2) is 19.0 Å². The first kappa shape index (κ1) is 16.8. The molecule has 112 valence electrons. The molecule has 2 aliphatic carbocycles. The largest absolute Gasteiger partial charge is 0.355 e. The first-order valence-corrected chi connectivity index (χ1v) is 7.65. The van der Waals surface area contributed by atoms with E-state index in [1.807, 2.05) is 0 Å². The number of nitrogens with two attached hydrogens (primary N) is 1. The molecule has 0 spiro atoms. The quantitative estimate of drug-likeness (QED) is 0.836. The van der Waals surface area contributed by atoms with E-state index in [0.29, 0.717) is 12.5 Å². The lowest BCUT2D eigenvalue weighted by Gasteiger charge is -2.29. The SMILES string of the molecule is CC1CCC(CNC(=O)C2(CN)CCCC2)CC1.Cl. The molecule has 19 heavy (non-hydrogen) atoms. The highest BCUT2D eigenvalue weighted by Crippen LogP contribution is 2.37. The molecule has 0 aromatic carbocycles. The minimum atomic E-state index is -0.234. The summed E-state index contributed by atoms with van der Waals surface area (Å²) in [5, 5.41) is 3.18. The Morgan fingerprint density at radius 3 is 2.32 bits per heavy atom. The first-order chi connectivity index (χ1) is 8.66. The number of nitrogens with one attached hydrogen (secondary N) is 1. The standard InChI is InChI=1S/C15H28N2O.ClH/c1-12-4-6-13(7-5-12)10-17-14(18)15(11-16)8-2-3-9-15;/h12-13H,2-11,16H2,1H3,(H,17,18);1H. The van der Waals surface area contributed by atoms with Crippen molar-refractivity contribution in [2.24, 2.45) is 23.0 Å². The van der Waals surface area contributed by atoms with Crippen molar-refractivity contribution >= 4 is 18.3 Å². The van der Waals surface area contributed by atoms with Crippen molar-refractivity contribution in [3.8, 4) is 0 Å². The van der Waals surface area contributed by atoms with Gasteiger partial charge in [0.05, 0.1) is 5.41 Å². The molecule has 3 N–H and O–H groups in total. The molecule has 1 amide bonds. The summed E-state index contributed by atoms with van der Waals surface area (Å²) in [6.07, 6.45) is 9.48. The highest BCUT2D eigenvalue weighted by Gasteiger charge is 2.39. The second-order valence-corrected chi connectivity index (χ2v) is 6.53. The third-order valence-corrected chi connectivity index (χ3v) is 5.12. The van der Waals surface area contributed by atoms with E-state index in [9.17, 15) is 4.79 Å². The average molecular weight is 289 g/mol. The number of amides is 1. The van der Waals surface area contributed by atoms with Crippen LogP contribution in [0.1, 0.15) is 58.3 Å². The fraction of sp³-hybridized carbons (Fsp3) is 0.933. The predicted molar refractivity (Wildman–Crippen MR) is 81.3 cm³/mol. The number of carbonyl (C=O) groups excluding carboxylic acids is 1. The Balaban J connectivity index is 0.00000180. The normalized spacial score (nSPS) is 29.6. The van der Waals surface area contributed by atoms with Gasteiger partial charge in [-0.15, -0.1) is 12.4 Å². The third-order valence-electron chi connectivity index (χ3n) is 5.12. The second kappa shape index (κ2) is 7.49. The van der Waals surface area contributed by atoms with Crippen LogP contribution in [0, 0.1) is 17.3 Å². The zero-order valence-electron chi connectivity index (χ0n) is 12.1. The first-order valence-electron chi connectivity index (χ1n) is 7.65. The van der Waals surface area contributed by atoms with Gasteiger partial charge in [0, 0.05) is 13.1 Å². The van der Waals surface area contributed by atoms with Gasteiger partial charge in [0.2, 0.25) is 5.91 Å². The number of carbonyl (C=O) groups is 1. The van der Waals surface area contributed by atoms with Crippen molar-refractivity contribution in [1.82, 2.24) is 5.32 Å². The molecule has 2 fully saturated rings. The Kier molecular flexibility index (Phi) is 6.61. The summed E-state index contributed by atoms with van der Waals surface area (Å²) in [7, 11) is 0. The summed E-state index contributed by atoms with van der Waals surface area (Å²) in [6, 6.07) is 0. The van der Waals surface area contributed by atoms with Gasteiger partial charge in [-0.3, -0.25) is 4.79 Å². The highest BCUT2D eigenvalue weighted by molar-refractivity contribution is 5.85. The van der Waals surface area contributed by atoms with Crippen LogP contribution in [0.2, 0.25) is 0 Å². The number of hydrogen-bond acceptors (Lipinski definition) is 2. The van der Waals surface area contributed by atoms with Crippen LogP contribution in [-0.2, 0) is 4.79 Å². The van der Waals surface area contributed by atoms with Gasteiger partial charge < -0.3 is 11.1 Å². The summed E-state index contributed by atoms with van der Waals surface area (Å²) >= 11 is 0. The predicted octanol–water partition coefficient (Wildman–Crippen LogP) is 2.87.